The molecule has 0 spiro atoms. The summed E-state index contributed by atoms with van der Waals surface area (Å²) in [5.41, 5.74) is 5.45. The lowest BCUT2D eigenvalue weighted by molar-refractivity contribution is 0.0203. The molecule has 2 aromatic rings. The van der Waals surface area contributed by atoms with Crippen LogP contribution >= 0.6 is 0 Å². The predicted molar refractivity (Wildman–Crippen MR) is 123 cm³/mol. The van der Waals surface area contributed by atoms with E-state index in [0.29, 0.717) is 24.4 Å². The third-order valence-electron chi connectivity index (χ3n) is 6.50. The largest absolute Gasteiger partial charge is 0.474 e. The topological polar surface area (TPSA) is 148 Å². The van der Waals surface area contributed by atoms with Gasteiger partial charge in [0.15, 0.2) is 12.4 Å². The number of carbonyl (C=O) groups excluding carboxylic acids is 2. The van der Waals surface area contributed by atoms with Gasteiger partial charge >= 0.3 is 6.09 Å². The highest BCUT2D eigenvalue weighted by Crippen LogP contribution is 2.35. The fourth-order valence-electron chi connectivity index (χ4n) is 4.17. The van der Waals surface area contributed by atoms with E-state index in [1.165, 1.54) is 15.8 Å². The van der Waals surface area contributed by atoms with Gasteiger partial charge < -0.3 is 25.4 Å². The quantitative estimate of drug-likeness (QED) is 0.530. The Balaban J connectivity index is 1.49. The summed E-state index contributed by atoms with van der Waals surface area (Å²) in [5, 5.41) is 17.1. The van der Waals surface area contributed by atoms with Crippen LogP contribution in [0, 0.1) is 11.3 Å². The molecule has 0 unspecified atom stereocenters. The smallest absolute Gasteiger partial charge is 0.409 e. The van der Waals surface area contributed by atoms with Gasteiger partial charge in [-0.05, 0) is 38.2 Å². The highest BCUT2D eigenvalue weighted by atomic mass is 19.3. The second-order valence-electron chi connectivity index (χ2n) is 8.90. The van der Waals surface area contributed by atoms with Crippen molar-refractivity contribution in [2.75, 3.05) is 25.0 Å². The lowest BCUT2D eigenvalue weighted by atomic mass is 9.85. The third-order valence-corrected chi connectivity index (χ3v) is 6.50. The van der Waals surface area contributed by atoms with Crippen LogP contribution in [-0.2, 0) is 10.3 Å². The van der Waals surface area contributed by atoms with Crippen molar-refractivity contribution in [3.8, 4) is 11.9 Å². The number of rotatable bonds is 9. The summed E-state index contributed by atoms with van der Waals surface area (Å²) in [6.07, 6.45) is 3.50. The Morgan fingerprint density at radius 3 is 2.61 bits per heavy atom. The number of pyridine rings is 1. The van der Waals surface area contributed by atoms with Crippen LogP contribution in [-0.4, -0.2) is 63.9 Å². The Morgan fingerprint density at radius 1 is 1.31 bits per heavy atom. The van der Waals surface area contributed by atoms with Crippen molar-refractivity contribution < 1.29 is 27.8 Å². The molecule has 1 aliphatic carbocycles. The first-order valence-corrected chi connectivity index (χ1v) is 11.7. The number of nitriles is 1. The standard InChI is InChI=1S/C23H27F2N7O4/c24-18(25)14-35-22(34)31-10-7-23(6-9-26,8-11-31)32-13-17(20(27)33)21(30-32)29-15-4-5-19(28-12-15)36-16-2-1-3-16/h4-5,12-13,16,18H,1-3,6-8,10-11,14H2,(H2,27,33)(H,29,30). The zero-order valence-electron chi connectivity index (χ0n) is 19.5. The van der Waals surface area contributed by atoms with Crippen LogP contribution in [0.4, 0.5) is 25.1 Å². The molecule has 2 amide bonds. The number of hydrogen-bond donors (Lipinski definition) is 2. The number of amides is 2. The molecule has 0 aromatic carbocycles. The maximum absolute atomic E-state index is 12.4. The molecule has 1 saturated carbocycles. The number of nitrogens with one attached hydrogen (secondary N) is 1. The molecule has 2 aliphatic rings. The molecule has 1 saturated heterocycles. The summed E-state index contributed by atoms with van der Waals surface area (Å²) in [4.78, 5) is 29.8. The summed E-state index contributed by atoms with van der Waals surface area (Å²) in [6, 6.07) is 5.62. The molecule has 3 N–H and O–H groups in total. The van der Waals surface area contributed by atoms with Gasteiger partial charge in [-0.15, -0.1) is 0 Å². The molecular weight excluding hydrogens is 476 g/mol. The zero-order chi connectivity index (χ0) is 25.7. The third kappa shape index (κ3) is 5.64. The van der Waals surface area contributed by atoms with E-state index in [1.54, 1.807) is 18.3 Å². The van der Waals surface area contributed by atoms with Crippen LogP contribution in [0.2, 0.25) is 0 Å². The van der Waals surface area contributed by atoms with Crippen LogP contribution in [0.3, 0.4) is 0 Å². The van der Waals surface area contributed by atoms with E-state index in [2.05, 4.69) is 26.2 Å². The van der Waals surface area contributed by atoms with Crippen LogP contribution in [0.1, 0.15) is 48.9 Å². The predicted octanol–water partition coefficient (Wildman–Crippen LogP) is 3.16. The molecule has 0 atom stereocenters. The van der Waals surface area contributed by atoms with E-state index >= 15 is 0 Å². The minimum Gasteiger partial charge on any atom is -0.474 e. The normalized spacial score (nSPS) is 17.2. The fraction of sp³-hybridized carbons (Fsp3) is 0.522. The Kier molecular flexibility index (Phi) is 7.52. The summed E-state index contributed by atoms with van der Waals surface area (Å²) in [7, 11) is 0. The van der Waals surface area contributed by atoms with E-state index in [-0.39, 0.29) is 37.0 Å². The van der Waals surface area contributed by atoms with E-state index in [1.807, 2.05) is 0 Å². The van der Waals surface area contributed by atoms with Gasteiger partial charge in [0.25, 0.3) is 12.3 Å². The number of nitrogens with zero attached hydrogens (tertiary/aromatic N) is 5. The van der Waals surface area contributed by atoms with Crippen LogP contribution in [0.5, 0.6) is 5.88 Å². The van der Waals surface area contributed by atoms with Gasteiger partial charge in [0.1, 0.15) is 11.7 Å². The molecule has 0 radical (unpaired) electrons. The molecule has 11 nitrogen and oxygen atoms in total. The van der Waals surface area contributed by atoms with E-state index < -0.39 is 30.6 Å². The molecule has 3 heterocycles. The highest BCUT2D eigenvalue weighted by molar-refractivity contribution is 5.98. The maximum atomic E-state index is 12.4. The average Bonchev–Trinajstić information content (AvgIpc) is 3.26. The zero-order valence-corrected chi connectivity index (χ0v) is 19.5. The summed E-state index contributed by atoms with van der Waals surface area (Å²) < 4.78 is 36.6. The molecule has 0 bridgehead atoms. The number of halogens is 2. The Hall–Kier alpha value is -3.95. The lowest BCUT2D eigenvalue weighted by Gasteiger charge is -2.40. The monoisotopic (exact) mass is 503 g/mol. The fourth-order valence-corrected chi connectivity index (χ4v) is 4.17. The number of hydrogen-bond acceptors (Lipinski definition) is 8. The number of nitrogens with two attached hydrogens (primary N) is 1. The first-order valence-electron chi connectivity index (χ1n) is 11.7. The summed E-state index contributed by atoms with van der Waals surface area (Å²) in [5.74, 6) is 0.00697. The number of aromatic nitrogens is 3. The molecular formula is C23H27F2N7O4. The van der Waals surface area contributed by atoms with Crippen molar-refractivity contribution in [2.45, 2.75) is 56.6 Å². The second-order valence-corrected chi connectivity index (χ2v) is 8.90. The second kappa shape index (κ2) is 10.8. The van der Waals surface area contributed by atoms with Crippen LogP contribution in [0.25, 0.3) is 0 Å². The summed E-state index contributed by atoms with van der Waals surface area (Å²) >= 11 is 0. The Bertz CT molecular complexity index is 1120. The van der Waals surface area contributed by atoms with Gasteiger partial charge in [0.05, 0.1) is 29.9 Å². The van der Waals surface area contributed by atoms with Crippen LogP contribution < -0.4 is 15.8 Å². The van der Waals surface area contributed by atoms with Gasteiger partial charge in [-0.3, -0.25) is 9.48 Å². The summed E-state index contributed by atoms with van der Waals surface area (Å²) in [6.45, 7) is -0.632. The van der Waals surface area contributed by atoms with Gasteiger partial charge in [-0.25, -0.2) is 18.6 Å². The maximum Gasteiger partial charge on any atom is 0.409 e. The average molecular weight is 504 g/mol. The molecule has 1 aliphatic heterocycles. The van der Waals surface area contributed by atoms with Crippen molar-refractivity contribution in [3.05, 3.63) is 30.1 Å². The van der Waals surface area contributed by atoms with Gasteiger partial charge in [0, 0.05) is 25.4 Å². The number of likely N-dealkylation sites (tertiary alicyclic amines) is 1. The number of ether oxygens (including phenoxy) is 2. The van der Waals surface area contributed by atoms with Crippen molar-refractivity contribution >= 4 is 23.5 Å². The molecule has 2 aromatic heterocycles. The molecule has 192 valence electrons. The highest BCUT2D eigenvalue weighted by Gasteiger charge is 2.40. The molecule has 4 rings (SSSR count). The number of piperidine rings is 1. The Labute approximate surface area is 206 Å². The van der Waals surface area contributed by atoms with Crippen molar-refractivity contribution in [1.82, 2.24) is 19.7 Å². The Morgan fingerprint density at radius 2 is 2.06 bits per heavy atom. The van der Waals surface area contributed by atoms with Gasteiger partial charge in [0.2, 0.25) is 5.88 Å². The first kappa shape index (κ1) is 25.2. The van der Waals surface area contributed by atoms with E-state index in [4.69, 9.17) is 10.5 Å². The van der Waals surface area contributed by atoms with Gasteiger partial charge in [-0.1, -0.05) is 0 Å². The molecule has 2 fully saturated rings. The first-order chi connectivity index (χ1) is 17.3. The minimum atomic E-state index is -2.75. The van der Waals surface area contributed by atoms with Gasteiger partial charge in [-0.2, -0.15) is 10.4 Å². The SMILES string of the molecule is N#CCC1(n2cc(C(N)=O)c(Nc3ccc(OC4CCC4)nc3)n2)CCN(C(=O)OCC(F)F)CC1. The number of carbonyl (C=O) groups is 2. The number of anilines is 2. The van der Waals surface area contributed by atoms with Crippen molar-refractivity contribution in [3.63, 3.8) is 0 Å². The van der Waals surface area contributed by atoms with Crippen molar-refractivity contribution in [1.29, 1.82) is 5.26 Å². The minimum absolute atomic E-state index is 0.0565. The number of alkyl halides is 2. The molecule has 36 heavy (non-hydrogen) atoms. The van der Waals surface area contributed by atoms with E-state index in [9.17, 15) is 23.6 Å². The van der Waals surface area contributed by atoms with Crippen LogP contribution in [0.15, 0.2) is 24.5 Å². The van der Waals surface area contributed by atoms with Crippen molar-refractivity contribution in [2.24, 2.45) is 5.73 Å². The molecule has 13 heteroatoms. The number of primary amides is 1. The lowest BCUT2D eigenvalue weighted by Crippen LogP contribution is -2.48. The van der Waals surface area contributed by atoms with E-state index in [0.717, 1.165) is 19.3 Å².